The number of carbonyl (C=O) groups is 1. The van der Waals surface area contributed by atoms with Crippen molar-refractivity contribution in [1.82, 2.24) is 30.3 Å². The first-order chi connectivity index (χ1) is 8.06. The van der Waals surface area contributed by atoms with Gasteiger partial charge in [0.25, 0.3) is 5.91 Å². The van der Waals surface area contributed by atoms with Crippen LogP contribution in [0.25, 0.3) is 0 Å². The maximum Gasteiger partial charge on any atom is 0.289 e. The molecule has 0 unspecified atom stereocenters. The standard InChI is InChI=1S/C9H13N7O/c1-5(6-3-11-16(2)4-6)12-8(17)7-13-9(10)15-14-7/h3-5H,1-2H3,(H,12,17)(H3,10,13,14,15)/t5-/m0/s1. The molecule has 0 spiro atoms. The van der Waals surface area contributed by atoms with Crippen LogP contribution in [0.15, 0.2) is 12.4 Å². The van der Waals surface area contributed by atoms with Gasteiger partial charge in [-0.3, -0.25) is 14.6 Å². The summed E-state index contributed by atoms with van der Waals surface area (Å²) < 4.78 is 1.67. The fourth-order valence-electron chi connectivity index (χ4n) is 1.39. The zero-order valence-corrected chi connectivity index (χ0v) is 9.51. The molecule has 17 heavy (non-hydrogen) atoms. The second-order valence-corrected chi connectivity index (χ2v) is 3.68. The number of nitrogens with two attached hydrogens (primary N) is 1. The van der Waals surface area contributed by atoms with Crippen LogP contribution in [0.5, 0.6) is 0 Å². The topological polar surface area (TPSA) is 115 Å². The van der Waals surface area contributed by atoms with Crippen LogP contribution in [0.3, 0.4) is 0 Å². The Bertz CT molecular complexity index is 529. The van der Waals surface area contributed by atoms with Gasteiger partial charge in [-0.15, -0.1) is 5.10 Å². The lowest BCUT2D eigenvalue weighted by atomic mass is 10.2. The third-order valence-corrected chi connectivity index (χ3v) is 2.29. The molecule has 2 heterocycles. The number of nitrogens with one attached hydrogen (secondary N) is 2. The molecule has 0 aliphatic rings. The van der Waals surface area contributed by atoms with Crippen molar-refractivity contribution < 1.29 is 4.79 Å². The van der Waals surface area contributed by atoms with Gasteiger partial charge in [-0.1, -0.05) is 0 Å². The number of nitrogens with zero attached hydrogens (tertiary/aromatic N) is 4. The van der Waals surface area contributed by atoms with Gasteiger partial charge in [-0.25, -0.2) is 0 Å². The Hall–Kier alpha value is -2.38. The summed E-state index contributed by atoms with van der Waals surface area (Å²) in [5.74, 6) is -0.215. The number of aryl methyl sites for hydroxylation is 1. The van der Waals surface area contributed by atoms with Gasteiger partial charge in [0, 0.05) is 18.8 Å². The number of hydrogen-bond donors (Lipinski definition) is 3. The van der Waals surface area contributed by atoms with E-state index in [0.717, 1.165) is 5.56 Å². The molecule has 0 saturated heterocycles. The summed E-state index contributed by atoms with van der Waals surface area (Å²) in [5, 5.41) is 12.8. The van der Waals surface area contributed by atoms with Gasteiger partial charge in [-0.05, 0) is 6.92 Å². The van der Waals surface area contributed by atoms with Crippen LogP contribution in [-0.4, -0.2) is 30.9 Å². The van der Waals surface area contributed by atoms with Crippen LogP contribution in [0.1, 0.15) is 29.1 Å². The number of carbonyl (C=O) groups excluding carboxylic acids is 1. The molecule has 0 radical (unpaired) electrons. The summed E-state index contributed by atoms with van der Waals surface area (Å²) in [6.07, 6.45) is 3.53. The van der Waals surface area contributed by atoms with Crippen molar-refractivity contribution in [3.05, 3.63) is 23.8 Å². The molecule has 0 aromatic carbocycles. The first kappa shape index (κ1) is 11.1. The maximum absolute atomic E-state index is 11.7. The van der Waals surface area contributed by atoms with E-state index in [0.29, 0.717) is 0 Å². The number of H-pyrrole nitrogens is 1. The number of nitrogen functional groups attached to an aromatic ring is 1. The average Bonchev–Trinajstić information content (AvgIpc) is 2.87. The number of anilines is 1. The highest BCUT2D eigenvalue weighted by molar-refractivity contribution is 5.90. The second-order valence-electron chi connectivity index (χ2n) is 3.68. The van der Waals surface area contributed by atoms with E-state index < -0.39 is 0 Å². The van der Waals surface area contributed by atoms with E-state index in [2.05, 4.69) is 25.6 Å². The monoisotopic (exact) mass is 235 g/mol. The number of hydrogen-bond acceptors (Lipinski definition) is 5. The lowest BCUT2D eigenvalue weighted by molar-refractivity contribution is 0.0930. The molecule has 90 valence electrons. The predicted molar refractivity (Wildman–Crippen MR) is 59.9 cm³/mol. The lowest BCUT2D eigenvalue weighted by Gasteiger charge is -2.10. The lowest BCUT2D eigenvalue weighted by Crippen LogP contribution is -2.27. The van der Waals surface area contributed by atoms with E-state index in [4.69, 9.17) is 5.73 Å². The summed E-state index contributed by atoms with van der Waals surface area (Å²) in [6, 6.07) is -0.164. The minimum absolute atomic E-state index is 0.0455. The summed E-state index contributed by atoms with van der Waals surface area (Å²) in [4.78, 5) is 15.5. The van der Waals surface area contributed by atoms with E-state index in [1.165, 1.54) is 0 Å². The molecule has 8 nitrogen and oxygen atoms in total. The van der Waals surface area contributed by atoms with Gasteiger partial charge < -0.3 is 11.1 Å². The first-order valence-corrected chi connectivity index (χ1v) is 5.03. The highest BCUT2D eigenvalue weighted by Gasteiger charge is 2.15. The Morgan fingerprint density at radius 1 is 1.65 bits per heavy atom. The Labute approximate surface area is 97.2 Å². The zero-order valence-electron chi connectivity index (χ0n) is 9.51. The van der Waals surface area contributed by atoms with Gasteiger partial charge >= 0.3 is 0 Å². The second kappa shape index (κ2) is 4.24. The van der Waals surface area contributed by atoms with Crippen LogP contribution in [0.2, 0.25) is 0 Å². The normalized spacial score (nSPS) is 12.4. The van der Waals surface area contributed by atoms with Crippen molar-refractivity contribution in [3.8, 4) is 0 Å². The number of rotatable bonds is 3. The highest BCUT2D eigenvalue weighted by atomic mass is 16.2. The molecule has 2 aromatic heterocycles. The third kappa shape index (κ3) is 2.41. The van der Waals surface area contributed by atoms with Crippen molar-refractivity contribution in [2.75, 3.05) is 5.73 Å². The maximum atomic E-state index is 11.7. The molecule has 1 amide bonds. The molecule has 0 aliphatic heterocycles. The quantitative estimate of drug-likeness (QED) is 0.670. The van der Waals surface area contributed by atoms with Crippen molar-refractivity contribution >= 4 is 11.9 Å². The molecular formula is C9H13N7O. The molecule has 0 saturated carbocycles. The summed E-state index contributed by atoms with van der Waals surface area (Å²) in [5.41, 5.74) is 6.23. The predicted octanol–water partition coefficient (Wildman–Crippen LogP) is -0.389. The number of aromatic amines is 1. The van der Waals surface area contributed by atoms with Crippen molar-refractivity contribution in [1.29, 1.82) is 0 Å². The Balaban J connectivity index is 2.04. The molecule has 0 fully saturated rings. The summed E-state index contributed by atoms with van der Waals surface area (Å²) in [7, 11) is 1.81. The van der Waals surface area contributed by atoms with Gasteiger partial charge in [0.2, 0.25) is 11.8 Å². The molecule has 8 heteroatoms. The number of aromatic nitrogens is 5. The Kier molecular flexibility index (Phi) is 2.77. The van der Waals surface area contributed by atoms with Crippen molar-refractivity contribution in [2.24, 2.45) is 7.05 Å². The van der Waals surface area contributed by atoms with Crippen molar-refractivity contribution in [2.45, 2.75) is 13.0 Å². The molecule has 1 atom stereocenters. The van der Waals surface area contributed by atoms with E-state index in [9.17, 15) is 4.79 Å². The molecule has 2 aromatic rings. The van der Waals surface area contributed by atoms with Crippen LogP contribution in [0.4, 0.5) is 5.95 Å². The van der Waals surface area contributed by atoms with Crippen molar-refractivity contribution in [3.63, 3.8) is 0 Å². The fourth-order valence-corrected chi connectivity index (χ4v) is 1.39. The van der Waals surface area contributed by atoms with Crippen LogP contribution in [-0.2, 0) is 7.05 Å². The third-order valence-electron chi connectivity index (χ3n) is 2.29. The smallest absolute Gasteiger partial charge is 0.289 e. The minimum atomic E-state index is -0.356. The minimum Gasteiger partial charge on any atom is -0.366 e. The van der Waals surface area contributed by atoms with Crippen LogP contribution < -0.4 is 11.1 Å². The van der Waals surface area contributed by atoms with E-state index in [1.54, 1.807) is 10.9 Å². The van der Waals surface area contributed by atoms with E-state index in [-0.39, 0.29) is 23.7 Å². The molecule has 2 rings (SSSR count). The largest absolute Gasteiger partial charge is 0.366 e. The molecule has 0 bridgehead atoms. The Morgan fingerprint density at radius 2 is 2.41 bits per heavy atom. The van der Waals surface area contributed by atoms with Gasteiger partial charge in [0.05, 0.1) is 12.2 Å². The Morgan fingerprint density at radius 3 is 2.94 bits per heavy atom. The summed E-state index contributed by atoms with van der Waals surface area (Å²) in [6.45, 7) is 1.86. The van der Waals surface area contributed by atoms with E-state index in [1.807, 2.05) is 20.2 Å². The van der Waals surface area contributed by atoms with Gasteiger partial charge in [-0.2, -0.15) is 10.1 Å². The zero-order chi connectivity index (χ0) is 12.4. The number of amides is 1. The van der Waals surface area contributed by atoms with Crippen LogP contribution in [0, 0.1) is 0 Å². The van der Waals surface area contributed by atoms with E-state index >= 15 is 0 Å². The average molecular weight is 235 g/mol. The highest BCUT2D eigenvalue weighted by Crippen LogP contribution is 2.10. The van der Waals surface area contributed by atoms with Crippen LogP contribution >= 0.6 is 0 Å². The SMILES string of the molecule is C[C@H](NC(=O)c1nc(N)n[nH]1)c1cnn(C)c1. The fraction of sp³-hybridized carbons (Fsp3) is 0.333. The van der Waals surface area contributed by atoms with Gasteiger partial charge in [0.15, 0.2) is 0 Å². The molecule has 0 aliphatic carbocycles. The van der Waals surface area contributed by atoms with Gasteiger partial charge in [0.1, 0.15) is 0 Å². The molecular weight excluding hydrogens is 222 g/mol. The first-order valence-electron chi connectivity index (χ1n) is 5.03. The summed E-state index contributed by atoms with van der Waals surface area (Å²) >= 11 is 0. The molecule has 4 N–H and O–H groups in total.